The molecule has 0 N–H and O–H groups in total. The minimum atomic E-state index is -0.450. The number of aromatic nitrogens is 4. The first-order valence-corrected chi connectivity index (χ1v) is 11.8. The van der Waals surface area contributed by atoms with E-state index < -0.39 is 5.82 Å². The van der Waals surface area contributed by atoms with Crippen molar-refractivity contribution in [3.05, 3.63) is 85.7 Å². The molecule has 4 rings (SSSR count). The van der Waals surface area contributed by atoms with E-state index in [9.17, 15) is 9.18 Å². The molecule has 3 heterocycles. The average molecular weight is 513 g/mol. The molecule has 0 aliphatic rings. The summed E-state index contributed by atoms with van der Waals surface area (Å²) >= 11 is 10.3. The molecular weight excluding hydrogens is 487 g/mol. The molecule has 0 atom stereocenters. The van der Waals surface area contributed by atoms with Crippen molar-refractivity contribution in [1.29, 1.82) is 0 Å². The van der Waals surface area contributed by atoms with E-state index >= 15 is 0 Å². The van der Waals surface area contributed by atoms with Crippen LogP contribution in [0, 0.1) is 19.7 Å². The Balaban J connectivity index is 0.00000167. The van der Waals surface area contributed by atoms with Gasteiger partial charge in [-0.1, -0.05) is 37.6 Å². The minimum absolute atomic E-state index is 0.103. The molecule has 0 saturated carbocycles. The van der Waals surface area contributed by atoms with Crippen molar-refractivity contribution in [2.75, 3.05) is 7.11 Å². The van der Waals surface area contributed by atoms with E-state index in [1.807, 2.05) is 33.8 Å². The first kappa shape index (κ1) is 26.4. The fourth-order valence-electron chi connectivity index (χ4n) is 3.30. The van der Waals surface area contributed by atoms with Crippen molar-refractivity contribution < 1.29 is 9.13 Å². The highest BCUT2D eigenvalue weighted by molar-refractivity contribution is 7.80. The fourth-order valence-corrected chi connectivity index (χ4v) is 3.66. The van der Waals surface area contributed by atoms with Crippen molar-refractivity contribution in [3.8, 4) is 5.88 Å². The minimum Gasteiger partial charge on any atom is -0.481 e. The first-order chi connectivity index (χ1) is 16.8. The van der Waals surface area contributed by atoms with Gasteiger partial charge in [-0.15, -0.1) is 12.6 Å². The summed E-state index contributed by atoms with van der Waals surface area (Å²) in [7, 11) is 1.52. The number of nitrogens with zero attached hydrogens (tertiary/aromatic N) is 4. The third-order valence-electron chi connectivity index (χ3n) is 5.25. The second kappa shape index (κ2) is 11.5. The van der Waals surface area contributed by atoms with Gasteiger partial charge in [-0.2, -0.15) is 5.10 Å². The Hall–Kier alpha value is -3.23. The van der Waals surface area contributed by atoms with Crippen LogP contribution in [0.15, 0.2) is 46.2 Å². The van der Waals surface area contributed by atoms with Crippen LogP contribution in [-0.2, 0) is 6.54 Å². The number of pyridine rings is 2. The molecule has 6 nitrogen and oxygen atoms in total. The summed E-state index contributed by atoms with van der Waals surface area (Å²) in [6.45, 7) is 7.84. The highest BCUT2D eigenvalue weighted by atomic mass is 35.5. The lowest BCUT2D eigenvalue weighted by atomic mass is 10.1. The van der Waals surface area contributed by atoms with Crippen LogP contribution in [0.1, 0.15) is 41.9 Å². The molecule has 0 bridgehead atoms. The standard InChI is InChI=1S/C24H20ClFN4O2S.C2H6/c1-13-8-20-23(28-14(13)2)24(31)19(7-5-15-9-22(32-3)27-11-21(15)33)29-30(20)12-16-4-6-17(25)10-18(16)26;1-2/h4-11,33H,12H2,1-3H3;1-2H3/b7-5+;. The van der Waals surface area contributed by atoms with E-state index in [0.29, 0.717) is 32.4 Å². The molecule has 9 heteroatoms. The monoisotopic (exact) mass is 512 g/mol. The second-order valence-corrected chi connectivity index (χ2v) is 8.40. The third kappa shape index (κ3) is 5.89. The Bertz CT molecular complexity index is 1470. The Labute approximate surface area is 213 Å². The third-order valence-corrected chi connectivity index (χ3v) is 5.86. The van der Waals surface area contributed by atoms with Gasteiger partial charge in [-0.05, 0) is 49.2 Å². The molecule has 0 spiro atoms. The van der Waals surface area contributed by atoms with Crippen LogP contribution >= 0.6 is 24.2 Å². The molecule has 0 radical (unpaired) electrons. The van der Waals surface area contributed by atoms with Crippen molar-refractivity contribution in [1.82, 2.24) is 19.7 Å². The second-order valence-electron chi connectivity index (χ2n) is 7.48. The smallest absolute Gasteiger partial charge is 0.233 e. The summed E-state index contributed by atoms with van der Waals surface area (Å²) in [4.78, 5) is 22.4. The summed E-state index contributed by atoms with van der Waals surface area (Å²) in [6.07, 6.45) is 4.85. The number of fused-ring (bicyclic) bond motifs is 1. The number of ether oxygens (including phenoxy) is 1. The number of benzene rings is 1. The van der Waals surface area contributed by atoms with E-state index in [-0.39, 0.29) is 23.2 Å². The maximum atomic E-state index is 14.5. The van der Waals surface area contributed by atoms with E-state index in [0.717, 1.165) is 11.3 Å². The molecule has 35 heavy (non-hydrogen) atoms. The van der Waals surface area contributed by atoms with E-state index in [1.54, 1.807) is 41.2 Å². The lowest BCUT2D eigenvalue weighted by Crippen LogP contribution is -2.19. The van der Waals surface area contributed by atoms with Gasteiger partial charge in [0, 0.05) is 33.4 Å². The van der Waals surface area contributed by atoms with E-state index in [1.165, 1.54) is 13.2 Å². The Morgan fingerprint density at radius 2 is 1.91 bits per heavy atom. The Morgan fingerprint density at radius 1 is 1.17 bits per heavy atom. The van der Waals surface area contributed by atoms with E-state index in [4.69, 9.17) is 16.3 Å². The molecule has 3 aromatic heterocycles. The van der Waals surface area contributed by atoms with Crippen LogP contribution in [0.2, 0.25) is 5.02 Å². The van der Waals surface area contributed by atoms with Crippen molar-refractivity contribution >= 4 is 47.4 Å². The highest BCUT2D eigenvalue weighted by Gasteiger charge is 2.14. The summed E-state index contributed by atoms with van der Waals surface area (Å²) < 4.78 is 21.2. The topological polar surface area (TPSA) is 69.9 Å². The molecule has 4 aromatic rings. The van der Waals surface area contributed by atoms with Gasteiger partial charge in [0.25, 0.3) is 0 Å². The van der Waals surface area contributed by atoms with Gasteiger partial charge in [0.05, 0.1) is 19.2 Å². The van der Waals surface area contributed by atoms with E-state index in [2.05, 4.69) is 27.7 Å². The normalized spacial score (nSPS) is 11.0. The van der Waals surface area contributed by atoms with Crippen molar-refractivity contribution in [3.63, 3.8) is 0 Å². The molecule has 1 aromatic carbocycles. The molecule has 182 valence electrons. The predicted octanol–water partition coefficient (Wildman–Crippen LogP) is 6.14. The van der Waals surface area contributed by atoms with Crippen LogP contribution in [0.3, 0.4) is 0 Å². The lowest BCUT2D eigenvalue weighted by Gasteiger charge is -2.13. The molecule has 0 aliphatic carbocycles. The number of methoxy groups -OCH3 is 1. The van der Waals surface area contributed by atoms with Crippen LogP contribution in [-0.4, -0.2) is 26.9 Å². The molecule has 0 saturated heterocycles. The van der Waals surface area contributed by atoms with Gasteiger partial charge in [-0.3, -0.25) is 9.48 Å². The van der Waals surface area contributed by atoms with Gasteiger partial charge in [-0.25, -0.2) is 14.4 Å². The molecule has 0 amide bonds. The number of hydrogen-bond donors (Lipinski definition) is 1. The van der Waals surface area contributed by atoms with Crippen LogP contribution < -0.4 is 10.2 Å². The predicted molar refractivity (Wildman–Crippen MR) is 142 cm³/mol. The number of aryl methyl sites for hydroxylation is 2. The maximum absolute atomic E-state index is 14.5. The number of thiol groups is 1. The zero-order valence-corrected chi connectivity index (χ0v) is 21.8. The molecule has 0 unspecified atom stereocenters. The van der Waals surface area contributed by atoms with Gasteiger partial charge in [0.2, 0.25) is 11.3 Å². The van der Waals surface area contributed by atoms with Gasteiger partial charge < -0.3 is 4.74 Å². The summed E-state index contributed by atoms with van der Waals surface area (Å²) in [5.74, 6) is -0.0315. The number of halogens is 2. The van der Waals surface area contributed by atoms with Gasteiger partial charge in [0.15, 0.2) is 0 Å². The summed E-state index contributed by atoms with van der Waals surface area (Å²) in [5.41, 5.74) is 3.37. The maximum Gasteiger partial charge on any atom is 0.233 e. The lowest BCUT2D eigenvalue weighted by molar-refractivity contribution is 0.397. The van der Waals surface area contributed by atoms with Crippen LogP contribution in [0.5, 0.6) is 5.88 Å². The molecule has 0 fully saturated rings. The molecule has 0 aliphatic heterocycles. The van der Waals surface area contributed by atoms with Gasteiger partial charge in [0.1, 0.15) is 17.0 Å². The van der Waals surface area contributed by atoms with Crippen molar-refractivity contribution in [2.45, 2.75) is 39.1 Å². The summed E-state index contributed by atoms with van der Waals surface area (Å²) in [6, 6.07) is 8.01. The number of hydrogen-bond acceptors (Lipinski definition) is 6. The van der Waals surface area contributed by atoms with Gasteiger partial charge >= 0.3 is 0 Å². The fraction of sp³-hybridized carbons (Fsp3) is 0.231. The average Bonchev–Trinajstić information content (AvgIpc) is 2.85. The largest absolute Gasteiger partial charge is 0.481 e. The zero-order valence-electron chi connectivity index (χ0n) is 20.1. The number of rotatable bonds is 5. The highest BCUT2D eigenvalue weighted by Crippen LogP contribution is 2.21. The Kier molecular flexibility index (Phi) is 8.64. The first-order valence-electron chi connectivity index (χ1n) is 11.0. The van der Waals surface area contributed by atoms with Crippen molar-refractivity contribution in [2.24, 2.45) is 0 Å². The SMILES string of the molecule is CC.COc1cc(/C=C/c2nn(Cc3ccc(Cl)cc3F)c3cc(C)c(C)nc3c2=O)c(S)cn1. The van der Waals surface area contributed by atoms with Crippen LogP contribution in [0.4, 0.5) is 4.39 Å². The summed E-state index contributed by atoms with van der Waals surface area (Å²) in [5, 5.41) is 4.83. The van der Waals surface area contributed by atoms with Crippen LogP contribution in [0.25, 0.3) is 23.2 Å². The quantitative estimate of drug-likeness (QED) is 0.325. The Morgan fingerprint density at radius 3 is 2.60 bits per heavy atom. The zero-order chi connectivity index (χ0) is 25.7. The molecular formula is C26H26ClFN4O2S.